The maximum atomic E-state index is 11.7. The minimum Gasteiger partial charge on any atom is -0.326 e. The van der Waals surface area contributed by atoms with Gasteiger partial charge in [0, 0.05) is 6.54 Å². The van der Waals surface area contributed by atoms with E-state index in [1.165, 1.54) is 0 Å². The van der Waals surface area contributed by atoms with Crippen LogP contribution >= 0.6 is 0 Å². The normalized spacial score (nSPS) is 29.0. The summed E-state index contributed by atoms with van der Waals surface area (Å²) < 4.78 is 0. The van der Waals surface area contributed by atoms with E-state index in [9.17, 15) is 4.79 Å². The van der Waals surface area contributed by atoms with Gasteiger partial charge >= 0.3 is 0 Å². The smallest absolute Gasteiger partial charge is 0.240 e. The summed E-state index contributed by atoms with van der Waals surface area (Å²) in [5.74, 6) is 0.737. The maximum absolute atomic E-state index is 11.7. The van der Waals surface area contributed by atoms with Crippen molar-refractivity contribution in [1.82, 2.24) is 10.2 Å². The second-order valence-electron chi connectivity index (χ2n) is 4.11. The molecule has 0 aliphatic carbocycles. The van der Waals surface area contributed by atoms with Crippen molar-refractivity contribution < 1.29 is 4.79 Å². The molecule has 0 bridgehead atoms. The highest BCUT2D eigenvalue weighted by Gasteiger charge is 2.36. The van der Waals surface area contributed by atoms with Crippen LogP contribution in [-0.4, -0.2) is 29.6 Å². The van der Waals surface area contributed by atoms with E-state index in [-0.39, 0.29) is 18.1 Å². The molecule has 1 saturated heterocycles. The topological polar surface area (TPSA) is 32.3 Å². The molecule has 0 aromatic heterocycles. The summed E-state index contributed by atoms with van der Waals surface area (Å²) in [4.78, 5) is 13.6. The third kappa shape index (κ3) is 2.02. The summed E-state index contributed by atoms with van der Waals surface area (Å²) >= 11 is 0. The first-order valence-electron chi connectivity index (χ1n) is 5.14. The third-order valence-electron chi connectivity index (χ3n) is 2.51. The number of carbonyl (C=O) groups is 1. The second-order valence-corrected chi connectivity index (χ2v) is 4.11. The fourth-order valence-corrected chi connectivity index (χ4v) is 1.85. The highest BCUT2D eigenvalue weighted by atomic mass is 16.2. The van der Waals surface area contributed by atoms with Crippen LogP contribution < -0.4 is 5.32 Å². The Morgan fingerprint density at radius 3 is 2.62 bits per heavy atom. The third-order valence-corrected chi connectivity index (χ3v) is 2.51. The van der Waals surface area contributed by atoms with Gasteiger partial charge in [0.05, 0.1) is 12.2 Å². The fraction of sp³-hybridized carbons (Fsp3) is 0.900. The van der Waals surface area contributed by atoms with Crippen LogP contribution in [0.15, 0.2) is 0 Å². The summed E-state index contributed by atoms with van der Waals surface area (Å²) in [6, 6.07) is -0.000972. The molecule has 1 amide bonds. The van der Waals surface area contributed by atoms with Crippen LogP contribution in [0.5, 0.6) is 0 Å². The zero-order valence-corrected chi connectivity index (χ0v) is 9.00. The van der Waals surface area contributed by atoms with Gasteiger partial charge in [-0.2, -0.15) is 0 Å². The van der Waals surface area contributed by atoms with Crippen LogP contribution in [0.25, 0.3) is 0 Å². The zero-order valence-electron chi connectivity index (χ0n) is 9.00. The lowest BCUT2D eigenvalue weighted by atomic mass is 10.1. The number of nitrogens with zero attached hydrogens (tertiary/aromatic N) is 1. The van der Waals surface area contributed by atoms with Crippen LogP contribution in [-0.2, 0) is 4.79 Å². The predicted octanol–water partition coefficient (Wildman–Crippen LogP) is 1.20. The van der Waals surface area contributed by atoms with Gasteiger partial charge < -0.3 is 4.90 Å². The van der Waals surface area contributed by atoms with E-state index in [1.807, 2.05) is 11.8 Å². The first-order valence-corrected chi connectivity index (χ1v) is 5.14. The van der Waals surface area contributed by atoms with Crippen molar-refractivity contribution in [3.8, 4) is 0 Å². The molecule has 3 nitrogen and oxygen atoms in total. The lowest BCUT2D eigenvalue weighted by Gasteiger charge is -2.26. The highest BCUT2D eigenvalue weighted by molar-refractivity contribution is 5.83. The van der Waals surface area contributed by atoms with E-state index in [0.29, 0.717) is 5.92 Å². The number of carbonyl (C=O) groups excluding carboxylic acids is 1. The van der Waals surface area contributed by atoms with Crippen LogP contribution in [0.1, 0.15) is 34.1 Å². The molecule has 0 aromatic carbocycles. The molecule has 2 atom stereocenters. The Morgan fingerprint density at radius 1 is 1.54 bits per heavy atom. The monoisotopic (exact) mass is 184 g/mol. The SMILES string of the molecule is CCCN1C(=O)C(C)NC1C(C)C. The molecular weight excluding hydrogens is 164 g/mol. The summed E-state index contributed by atoms with van der Waals surface area (Å²) in [6.07, 6.45) is 1.27. The Balaban J connectivity index is 2.68. The number of amides is 1. The molecule has 0 radical (unpaired) electrons. The molecule has 76 valence electrons. The van der Waals surface area contributed by atoms with Crippen LogP contribution in [0.3, 0.4) is 0 Å². The Bertz CT molecular complexity index is 191. The highest BCUT2D eigenvalue weighted by Crippen LogP contribution is 2.17. The molecule has 0 spiro atoms. The van der Waals surface area contributed by atoms with Crippen LogP contribution in [0, 0.1) is 5.92 Å². The van der Waals surface area contributed by atoms with E-state index in [0.717, 1.165) is 13.0 Å². The molecule has 3 heteroatoms. The molecule has 1 aliphatic rings. The minimum absolute atomic E-state index is 0.000972. The number of hydrogen-bond acceptors (Lipinski definition) is 2. The molecule has 2 unspecified atom stereocenters. The van der Waals surface area contributed by atoms with Gasteiger partial charge in [0.25, 0.3) is 0 Å². The number of nitrogens with one attached hydrogen (secondary N) is 1. The van der Waals surface area contributed by atoms with E-state index in [1.54, 1.807) is 0 Å². The van der Waals surface area contributed by atoms with Gasteiger partial charge in [0.1, 0.15) is 0 Å². The quantitative estimate of drug-likeness (QED) is 0.714. The van der Waals surface area contributed by atoms with Gasteiger partial charge in [-0.3, -0.25) is 10.1 Å². The average Bonchev–Trinajstić information content (AvgIpc) is 2.33. The summed E-state index contributed by atoms with van der Waals surface area (Å²) in [5.41, 5.74) is 0. The first kappa shape index (κ1) is 10.5. The van der Waals surface area contributed by atoms with Gasteiger partial charge in [-0.25, -0.2) is 0 Å². The summed E-state index contributed by atoms with van der Waals surface area (Å²) in [6.45, 7) is 9.21. The standard InChI is InChI=1S/C10H20N2O/c1-5-6-12-9(7(2)3)11-8(4)10(12)13/h7-9,11H,5-6H2,1-4H3. The molecule has 0 aromatic rings. The van der Waals surface area contributed by atoms with Gasteiger partial charge in [-0.05, 0) is 19.3 Å². The van der Waals surface area contributed by atoms with Gasteiger partial charge in [-0.15, -0.1) is 0 Å². The maximum Gasteiger partial charge on any atom is 0.240 e. The van der Waals surface area contributed by atoms with Gasteiger partial charge in [0.2, 0.25) is 5.91 Å². The van der Waals surface area contributed by atoms with Crippen molar-refractivity contribution >= 4 is 5.91 Å². The molecule has 1 fully saturated rings. The van der Waals surface area contributed by atoms with Crippen molar-refractivity contribution in [1.29, 1.82) is 0 Å². The van der Waals surface area contributed by atoms with E-state index < -0.39 is 0 Å². The first-order chi connectivity index (χ1) is 6.07. The second kappa shape index (κ2) is 4.09. The van der Waals surface area contributed by atoms with Crippen molar-refractivity contribution in [3.05, 3.63) is 0 Å². The summed E-state index contributed by atoms with van der Waals surface area (Å²) in [5, 5.41) is 3.31. The van der Waals surface area contributed by atoms with E-state index >= 15 is 0 Å². The van der Waals surface area contributed by atoms with Crippen molar-refractivity contribution in [3.63, 3.8) is 0 Å². The Kier molecular flexibility index (Phi) is 3.31. The fourth-order valence-electron chi connectivity index (χ4n) is 1.85. The number of hydrogen-bond donors (Lipinski definition) is 1. The molecule has 0 saturated carbocycles. The lowest BCUT2D eigenvalue weighted by molar-refractivity contribution is -0.130. The largest absolute Gasteiger partial charge is 0.326 e. The molecule has 1 rings (SSSR count). The Hall–Kier alpha value is -0.570. The average molecular weight is 184 g/mol. The van der Waals surface area contributed by atoms with Crippen molar-refractivity contribution in [2.24, 2.45) is 5.92 Å². The van der Waals surface area contributed by atoms with E-state index in [4.69, 9.17) is 0 Å². The minimum atomic E-state index is -0.000972. The van der Waals surface area contributed by atoms with Crippen LogP contribution in [0.2, 0.25) is 0 Å². The molecule has 1 N–H and O–H groups in total. The molecule has 1 aliphatic heterocycles. The number of rotatable bonds is 3. The zero-order chi connectivity index (χ0) is 10.0. The molecular formula is C10H20N2O. The predicted molar refractivity (Wildman–Crippen MR) is 53.2 cm³/mol. The van der Waals surface area contributed by atoms with Crippen molar-refractivity contribution in [2.45, 2.75) is 46.3 Å². The van der Waals surface area contributed by atoms with Crippen LogP contribution in [0.4, 0.5) is 0 Å². The van der Waals surface area contributed by atoms with Gasteiger partial charge in [-0.1, -0.05) is 20.8 Å². The molecule has 1 heterocycles. The molecule has 13 heavy (non-hydrogen) atoms. The van der Waals surface area contributed by atoms with Gasteiger partial charge in [0.15, 0.2) is 0 Å². The van der Waals surface area contributed by atoms with E-state index in [2.05, 4.69) is 26.1 Å². The van der Waals surface area contributed by atoms with Crippen molar-refractivity contribution in [2.75, 3.05) is 6.54 Å². The Labute approximate surface area is 80.5 Å². The lowest BCUT2D eigenvalue weighted by Crippen LogP contribution is -2.41. The Morgan fingerprint density at radius 2 is 2.15 bits per heavy atom. The summed E-state index contributed by atoms with van der Waals surface area (Å²) in [7, 11) is 0.